The van der Waals surface area contributed by atoms with Gasteiger partial charge >= 0.3 is 5.88 Å². The molecule has 0 atom stereocenters. The first-order valence-corrected chi connectivity index (χ1v) is 5.38. The van der Waals surface area contributed by atoms with Gasteiger partial charge in [0.25, 0.3) is 0 Å². The summed E-state index contributed by atoms with van der Waals surface area (Å²) in [5.41, 5.74) is 0.944. The largest absolute Gasteiger partial charge is 0.433 e. The van der Waals surface area contributed by atoms with Crippen molar-refractivity contribution < 1.29 is 14.1 Å². The summed E-state index contributed by atoms with van der Waals surface area (Å²) in [6.07, 6.45) is 3.11. The molecule has 0 saturated heterocycles. The molecule has 0 aliphatic heterocycles. The molecule has 3 aromatic rings. The van der Waals surface area contributed by atoms with E-state index in [-0.39, 0.29) is 5.76 Å². The molecule has 3 rings (SSSR count). The number of pyridine rings is 1. The van der Waals surface area contributed by atoms with E-state index in [0.29, 0.717) is 16.6 Å². The van der Waals surface area contributed by atoms with Crippen LogP contribution < -0.4 is 0 Å². The van der Waals surface area contributed by atoms with Crippen LogP contribution in [0.1, 0.15) is 16.1 Å². The molecule has 94 valence electrons. The zero-order valence-corrected chi connectivity index (χ0v) is 9.49. The Morgan fingerprint density at radius 3 is 2.95 bits per heavy atom. The molecular formula is C12H7N3O4. The van der Waals surface area contributed by atoms with Crippen LogP contribution in [0.3, 0.4) is 0 Å². The van der Waals surface area contributed by atoms with E-state index in [2.05, 4.69) is 9.97 Å². The molecular weight excluding hydrogens is 250 g/mol. The highest BCUT2D eigenvalue weighted by molar-refractivity contribution is 6.14. The van der Waals surface area contributed by atoms with Crippen molar-refractivity contribution in [1.82, 2.24) is 9.97 Å². The highest BCUT2D eigenvalue weighted by atomic mass is 16.6. The molecule has 1 N–H and O–H groups in total. The first-order chi connectivity index (χ1) is 9.16. The molecule has 0 saturated carbocycles. The maximum atomic E-state index is 12.2. The number of aromatic amines is 1. The summed E-state index contributed by atoms with van der Waals surface area (Å²) in [6, 6.07) is 5.89. The highest BCUT2D eigenvalue weighted by Crippen LogP contribution is 2.22. The number of nitrogens with zero attached hydrogens (tertiary/aromatic N) is 2. The molecule has 0 spiro atoms. The van der Waals surface area contributed by atoms with Crippen LogP contribution in [-0.4, -0.2) is 20.7 Å². The highest BCUT2D eigenvalue weighted by Gasteiger charge is 2.21. The number of carbonyl (C=O) groups excluding carboxylic acids is 1. The van der Waals surface area contributed by atoms with E-state index in [1.807, 2.05) is 0 Å². The molecule has 7 heteroatoms. The van der Waals surface area contributed by atoms with Crippen LogP contribution in [0.25, 0.3) is 11.0 Å². The fraction of sp³-hybridized carbons (Fsp3) is 0. The molecule has 0 radical (unpaired) electrons. The van der Waals surface area contributed by atoms with E-state index >= 15 is 0 Å². The van der Waals surface area contributed by atoms with Gasteiger partial charge in [0.05, 0.1) is 11.6 Å². The van der Waals surface area contributed by atoms with Crippen molar-refractivity contribution in [3.63, 3.8) is 0 Å². The third-order valence-electron chi connectivity index (χ3n) is 2.69. The number of nitrogens with one attached hydrogen (secondary N) is 1. The van der Waals surface area contributed by atoms with Gasteiger partial charge < -0.3 is 9.40 Å². The molecule has 0 fully saturated rings. The molecule has 0 unspecified atom stereocenters. The van der Waals surface area contributed by atoms with Crippen molar-refractivity contribution in [3.05, 3.63) is 58.1 Å². The summed E-state index contributed by atoms with van der Waals surface area (Å²) in [7, 11) is 0. The molecule has 3 heterocycles. The number of ketones is 1. The maximum Gasteiger partial charge on any atom is 0.433 e. The molecule has 0 bridgehead atoms. The monoisotopic (exact) mass is 257 g/mol. The smallest absolute Gasteiger partial charge is 0.397 e. The van der Waals surface area contributed by atoms with Crippen molar-refractivity contribution in [2.45, 2.75) is 0 Å². The maximum absolute atomic E-state index is 12.2. The molecule has 7 nitrogen and oxygen atoms in total. The van der Waals surface area contributed by atoms with Crippen LogP contribution in [0.4, 0.5) is 5.88 Å². The summed E-state index contributed by atoms with van der Waals surface area (Å²) in [6.45, 7) is 0. The molecule has 0 amide bonds. The number of hydrogen-bond acceptors (Lipinski definition) is 5. The van der Waals surface area contributed by atoms with Gasteiger partial charge in [-0.25, -0.2) is 4.98 Å². The third kappa shape index (κ3) is 1.77. The second-order valence-corrected chi connectivity index (χ2v) is 3.83. The van der Waals surface area contributed by atoms with Crippen molar-refractivity contribution in [2.75, 3.05) is 0 Å². The zero-order valence-electron chi connectivity index (χ0n) is 9.49. The number of carbonyl (C=O) groups is 1. The Bertz CT molecular complexity index is 787. The van der Waals surface area contributed by atoms with Crippen LogP contribution in [-0.2, 0) is 0 Å². The minimum absolute atomic E-state index is 0.0727. The topological polar surface area (TPSA) is 102 Å². The second-order valence-electron chi connectivity index (χ2n) is 3.83. The lowest BCUT2D eigenvalue weighted by molar-refractivity contribution is -0.402. The lowest BCUT2D eigenvalue weighted by Gasteiger charge is -1.94. The summed E-state index contributed by atoms with van der Waals surface area (Å²) in [5.74, 6) is -0.954. The van der Waals surface area contributed by atoms with Gasteiger partial charge in [0.2, 0.25) is 5.78 Å². The molecule has 0 aliphatic carbocycles. The Hall–Kier alpha value is -2.96. The van der Waals surface area contributed by atoms with Gasteiger partial charge in [-0.3, -0.25) is 14.9 Å². The lowest BCUT2D eigenvalue weighted by atomic mass is 10.1. The Morgan fingerprint density at radius 1 is 1.37 bits per heavy atom. The SMILES string of the molecule is O=C(c1ccc([N+](=O)[O-])o1)c1c[nH]c2ncccc12. The van der Waals surface area contributed by atoms with Crippen LogP contribution in [0.5, 0.6) is 0 Å². The number of aromatic nitrogens is 2. The third-order valence-corrected chi connectivity index (χ3v) is 2.69. The Labute approximate surface area is 106 Å². The van der Waals surface area contributed by atoms with E-state index in [4.69, 9.17) is 4.42 Å². The van der Waals surface area contributed by atoms with Gasteiger partial charge in [0.1, 0.15) is 10.6 Å². The van der Waals surface area contributed by atoms with Crippen molar-refractivity contribution >= 4 is 22.7 Å². The predicted molar refractivity (Wildman–Crippen MR) is 64.9 cm³/mol. The summed E-state index contributed by atoms with van der Waals surface area (Å²) >= 11 is 0. The molecule has 19 heavy (non-hydrogen) atoms. The molecule has 0 aromatic carbocycles. The van der Waals surface area contributed by atoms with Gasteiger partial charge in [-0.05, 0) is 18.2 Å². The first kappa shape index (κ1) is 11.1. The minimum atomic E-state index is -0.687. The fourth-order valence-electron chi connectivity index (χ4n) is 1.82. The Kier molecular flexibility index (Phi) is 2.38. The van der Waals surface area contributed by atoms with Gasteiger partial charge in [-0.1, -0.05) is 0 Å². The average Bonchev–Trinajstić information content (AvgIpc) is 3.05. The van der Waals surface area contributed by atoms with Gasteiger partial charge in [-0.2, -0.15) is 0 Å². The van der Waals surface area contributed by atoms with E-state index < -0.39 is 16.6 Å². The summed E-state index contributed by atoms with van der Waals surface area (Å²) in [5, 5.41) is 11.2. The van der Waals surface area contributed by atoms with Crippen LogP contribution in [0, 0.1) is 10.1 Å². The molecule has 3 aromatic heterocycles. The number of fused-ring (bicyclic) bond motifs is 1. The van der Waals surface area contributed by atoms with Gasteiger partial charge in [0, 0.05) is 17.8 Å². The van der Waals surface area contributed by atoms with Crippen LogP contribution in [0.2, 0.25) is 0 Å². The minimum Gasteiger partial charge on any atom is -0.397 e. The van der Waals surface area contributed by atoms with Crippen molar-refractivity contribution in [3.8, 4) is 0 Å². The van der Waals surface area contributed by atoms with E-state index in [1.54, 1.807) is 18.3 Å². The Balaban J connectivity index is 2.05. The fourth-order valence-corrected chi connectivity index (χ4v) is 1.82. The average molecular weight is 257 g/mol. The number of furan rings is 1. The molecule has 0 aliphatic rings. The second kappa shape index (κ2) is 4.05. The van der Waals surface area contributed by atoms with E-state index in [1.165, 1.54) is 12.3 Å². The van der Waals surface area contributed by atoms with E-state index in [0.717, 1.165) is 6.07 Å². The van der Waals surface area contributed by atoms with Crippen molar-refractivity contribution in [1.29, 1.82) is 0 Å². The normalized spacial score (nSPS) is 10.7. The standard InChI is InChI=1S/C12H7N3O4/c16-11(9-3-4-10(19-9)15(17)18)8-6-14-12-7(8)2-1-5-13-12/h1-6H,(H,13,14). The van der Waals surface area contributed by atoms with Crippen LogP contribution in [0.15, 0.2) is 41.1 Å². The first-order valence-electron chi connectivity index (χ1n) is 5.38. The quantitative estimate of drug-likeness (QED) is 0.440. The van der Waals surface area contributed by atoms with Crippen molar-refractivity contribution in [2.24, 2.45) is 0 Å². The number of rotatable bonds is 3. The number of hydrogen-bond donors (Lipinski definition) is 1. The van der Waals surface area contributed by atoms with Crippen LogP contribution >= 0.6 is 0 Å². The lowest BCUT2D eigenvalue weighted by Crippen LogP contribution is -1.98. The predicted octanol–water partition coefficient (Wildman–Crippen LogP) is 2.30. The van der Waals surface area contributed by atoms with E-state index in [9.17, 15) is 14.9 Å². The number of nitro groups is 1. The summed E-state index contributed by atoms with van der Waals surface area (Å²) in [4.78, 5) is 29.0. The zero-order chi connectivity index (χ0) is 13.4. The summed E-state index contributed by atoms with van der Waals surface area (Å²) < 4.78 is 4.90. The van der Waals surface area contributed by atoms with Gasteiger partial charge in [0.15, 0.2) is 5.76 Å². The Morgan fingerprint density at radius 2 is 2.21 bits per heavy atom. The number of H-pyrrole nitrogens is 1. The van der Waals surface area contributed by atoms with Gasteiger partial charge in [-0.15, -0.1) is 0 Å².